The summed E-state index contributed by atoms with van der Waals surface area (Å²) >= 11 is 0. The van der Waals surface area contributed by atoms with Crippen molar-refractivity contribution in [2.24, 2.45) is 17.8 Å². The molecule has 0 radical (unpaired) electrons. The molecule has 4 aliphatic rings. The highest BCUT2D eigenvalue weighted by Crippen LogP contribution is 2.55. The molecule has 5 rings (SSSR count). The lowest BCUT2D eigenvalue weighted by molar-refractivity contribution is -0.0266. The van der Waals surface area contributed by atoms with Crippen LogP contribution in [-0.2, 0) is 0 Å². The van der Waals surface area contributed by atoms with E-state index in [9.17, 15) is 5.11 Å². The first-order valence-corrected chi connectivity index (χ1v) is 10.1. The smallest absolute Gasteiger partial charge is 0.122 e. The molecule has 3 nitrogen and oxygen atoms in total. The van der Waals surface area contributed by atoms with Gasteiger partial charge in [-0.3, -0.25) is 0 Å². The first-order chi connectivity index (χ1) is 11.9. The van der Waals surface area contributed by atoms with Crippen molar-refractivity contribution >= 4 is 0 Å². The molecule has 0 aromatic heterocycles. The molecule has 1 aromatic carbocycles. The summed E-state index contributed by atoms with van der Waals surface area (Å²) in [6.45, 7) is 7.30. The Morgan fingerprint density at radius 3 is 2.28 bits per heavy atom. The third-order valence-corrected chi connectivity index (χ3v) is 6.95. The van der Waals surface area contributed by atoms with Gasteiger partial charge in [-0.15, -0.1) is 0 Å². The number of nitrogens with one attached hydrogen (secondary N) is 1. The standard InChI is InChI=1S/C22H33NO2/c1-14-4-15(2)16(3)21(5-14)25-13-20(24)12-23-22-9-17-6-18(10-22)8-19(7-17)11-22/h4-5,17-20,23-24H,6-13H2,1-3H3. The van der Waals surface area contributed by atoms with E-state index in [-0.39, 0.29) is 0 Å². The second kappa shape index (κ2) is 6.59. The second-order valence-electron chi connectivity index (χ2n) is 9.25. The molecule has 1 unspecified atom stereocenters. The van der Waals surface area contributed by atoms with Crippen LogP contribution in [0.2, 0.25) is 0 Å². The molecular weight excluding hydrogens is 310 g/mol. The number of aryl methyl sites for hydroxylation is 2. The molecule has 1 atom stereocenters. The zero-order chi connectivity index (χ0) is 17.6. The highest BCUT2D eigenvalue weighted by molar-refractivity contribution is 5.41. The van der Waals surface area contributed by atoms with E-state index in [4.69, 9.17) is 4.74 Å². The van der Waals surface area contributed by atoms with Crippen LogP contribution in [-0.4, -0.2) is 29.9 Å². The zero-order valence-corrected chi connectivity index (χ0v) is 16.0. The van der Waals surface area contributed by atoms with Crippen LogP contribution in [0.25, 0.3) is 0 Å². The fourth-order valence-electron chi connectivity index (χ4n) is 6.06. The van der Waals surface area contributed by atoms with Crippen molar-refractivity contribution in [2.75, 3.05) is 13.2 Å². The predicted octanol–water partition coefficient (Wildman–Crippen LogP) is 3.91. The summed E-state index contributed by atoms with van der Waals surface area (Å²) in [7, 11) is 0. The zero-order valence-electron chi connectivity index (χ0n) is 16.0. The highest BCUT2D eigenvalue weighted by Gasteiger charge is 2.50. The lowest BCUT2D eigenvalue weighted by atomic mass is 9.53. The van der Waals surface area contributed by atoms with Crippen LogP contribution in [0.15, 0.2) is 12.1 Å². The lowest BCUT2D eigenvalue weighted by Crippen LogP contribution is -2.59. The van der Waals surface area contributed by atoms with Crippen LogP contribution in [0.4, 0.5) is 0 Å². The Bertz CT molecular complexity index is 604. The van der Waals surface area contributed by atoms with Crippen LogP contribution in [0, 0.1) is 38.5 Å². The van der Waals surface area contributed by atoms with Crippen molar-refractivity contribution in [1.82, 2.24) is 5.32 Å². The summed E-state index contributed by atoms with van der Waals surface area (Å²) in [5.74, 6) is 3.71. The second-order valence-corrected chi connectivity index (χ2v) is 9.25. The van der Waals surface area contributed by atoms with Crippen LogP contribution >= 0.6 is 0 Å². The number of rotatable bonds is 6. The largest absolute Gasteiger partial charge is 0.491 e. The SMILES string of the molecule is Cc1cc(C)c(C)c(OCC(O)CNC23CC4CC(CC(C4)C2)C3)c1. The van der Waals surface area contributed by atoms with E-state index in [1.54, 1.807) is 0 Å². The molecule has 4 fully saturated rings. The van der Waals surface area contributed by atoms with E-state index in [1.165, 1.54) is 55.2 Å². The number of hydrogen-bond donors (Lipinski definition) is 2. The van der Waals surface area contributed by atoms with Crippen molar-refractivity contribution in [3.8, 4) is 5.75 Å². The minimum atomic E-state index is -0.451. The van der Waals surface area contributed by atoms with E-state index in [0.29, 0.717) is 18.7 Å². The van der Waals surface area contributed by atoms with Gasteiger partial charge in [0.1, 0.15) is 18.5 Å². The minimum absolute atomic E-state index is 0.311. The first-order valence-electron chi connectivity index (χ1n) is 10.1. The Balaban J connectivity index is 1.31. The summed E-state index contributed by atoms with van der Waals surface area (Å²) in [6, 6.07) is 4.24. The summed E-state index contributed by atoms with van der Waals surface area (Å²) in [5.41, 5.74) is 3.94. The quantitative estimate of drug-likeness (QED) is 0.823. The van der Waals surface area contributed by atoms with Gasteiger partial charge in [0.2, 0.25) is 0 Å². The van der Waals surface area contributed by atoms with Gasteiger partial charge in [-0.05, 0) is 99.8 Å². The van der Waals surface area contributed by atoms with Gasteiger partial charge >= 0.3 is 0 Å². The lowest BCUT2D eigenvalue weighted by Gasteiger charge is -2.57. The maximum Gasteiger partial charge on any atom is 0.122 e. The van der Waals surface area contributed by atoms with Crippen LogP contribution in [0.5, 0.6) is 5.75 Å². The van der Waals surface area contributed by atoms with Gasteiger partial charge in [-0.2, -0.15) is 0 Å². The van der Waals surface area contributed by atoms with Crippen molar-refractivity contribution in [2.45, 2.75) is 70.9 Å². The van der Waals surface area contributed by atoms with Gasteiger partial charge in [0.15, 0.2) is 0 Å². The summed E-state index contributed by atoms with van der Waals surface area (Å²) in [6.07, 6.45) is 7.89. The van der Waals surface area contributed by atoms with E-state index >= 15 is 0 Å². The molecule has 0 spiro atoms. The molecule has 25 heavy (non-hydrogen) atoms. The number of aliphatic hydroxyl groups excluding tert-OH is 1. The molecule has 0 saturated heterocycles. The van der Waals surface area contributed by atoms with Gasteiger partial charge in [-0.25, -0.2) is 0 Å². The van der Waals surface area contributed by atoms with Crippen LogP contribution in [0.1, 0.15) is 55.2 Å². The molecule has 138 valence electrons. The Labute approximate surface area is 152 Å². The molecule has 0 aliphatic heterocycles. The first kappa shape index (κ1) is 17.4. The van der Waals surface area contributed by atoms with Gasteiger partial charge < -0.3 is 15.2 Å². The number of β-amino-alcohol motifs (C(OH)–C–C–N with tert-alkyl or cyclic N) is 1. The molecule has 0 heterocycles. The fraction of sp³-hybridized carbons (Fsp3) is 0.727. The molecule has 1 aromatic rings. The molecular formula is C22H33NO2. The van der Waals surface area contributed by atoms with E-state index in [0.717, 1.165) is 23.5 Å². The molecule has 4 saturated carbocycles. The topological polar surface area (TPSA) is 41.5 Å². The number of ether oxygens (including phenoxy) is 1. The maximum atomic E-state index is 10.5. The monoisotopic (exact) mass is 343 g/mol. The van der Waals surface area contributed by atoms with Gasteiger partial charge in [0.25, 0.3) is 0 Å². The molecule has 4 bridgehead atoms. The van der Waals surface area contributed by atoms with Gasteiger partial charge in [0.05, 0.1) is 0 Å². The van der Waals surface area contributed by atoms with Crippen LogP contribution < -0.4 is 10.1 Å². The van der Waals surface area contributed by atoms with Crippen LogP contribution in [0.3, 0.4) is 0 Å². The van der Waals surface area contributed by atoms with Gasteiger partial charge in [0, 0.05) is 12.1 Å². The Kier molecular flexibility index (Phi) is 4.57. The van der Waals surface area contributed by atoms with Crippen molar-refractivity contribution in [3.63, 3.8) is 0 Å². The Morgan fingerprint density at radius 1 is 1.08 bits per heavy atom. The Hall–Kier alpha value is -1.06. The summed E-state index contributed by atoms with van der Waals surface area (Å²) in [4.78, 5) is 0. The van der Waals surface area contributed by atoms with Gasteiger partial charge in [-0.1, -0.05) is 6.07 Å². The third kappa shape index (κ3) is 3.59. The highest BCUT2D eigenvalue weighted by atomic mass is 16.5. The number of hydrogen-bond acceptors (Lipinski definition) is 3. The normalized spacial score (nSPS) is 34.3. The summed E-state index contributed by atoms with van der Waals surface area (Å²) in [5, 5.41) is 14.2. The average molecular weight is 344 g/mol. The fourth-order valence-corrected chi connectivity index (χ4v) is 6.06. The van der Waals surface area contributed by atoms with Crippen molar-refractivity contribution in [3.05, 3.63) is 28.8 Å². The summed E-state index contributed by atoms with van der Waals surface area (Å²) < 4.78 is 5.94. The van der Waals surface area contributed by atoms with Crippen molar-refractivity contribution < 1.29 is 9.84 Å². The predicted molar refractivity (Wildman–Crippen MR) is 101 cm³/mol. The van der Waals surface area contributed by atoms with E-state index in [1.807, 2.05) is 0 Å². The minimum Gasteiger partial charge on any atom is -0.491 e. The molecule has 4 aliphatic carbocycles. The van der Waals surface area contributed by atoms with Crippen molar-refractivity contribution in [1.29, 1.82) is 0 Å². The Morgan fingerprint density at radius 2 is 1.68 bits per heavy atom. The third-order valence-electron chi connectivity index (χ3n) is 6.95. The number of benzene rings is 1. The number of aliphatic hydroxyl groups is 1. The maximum absolute atomic E-state index is 10.5. The molecule has 2 N–H and O–H groups in total. The average Bonchev–Trinajstić information content (AvgIpc) is 2.54. The van der Waals surface area contributed by atoms with E-state index in [2.05, 4.69) is 38.2 Å². The van der Waals surface area contributed by atoms with E-state index < -0.39 is 6.10 Å². The molecule has 0 amide bonds. The molecule has 3 heteroatoms.